The number of alkyl halides is 6. The highest BCUT2D eigenvalue weighted by Crippen LogP contribution is 2.43. The van der Waals surface area contributed by atoms with Gasteiger partial charge in [-0.3, -0.25) is 19.6 Å². The molecular formula is C92H82Cl4F8N20. The summed E-state index contributed by atoms with van der Waals surface area (Å²) in [7, 11) is 0. The summed E-state index contributed by atoms with van der Waals surface area (Å²) >= 11 is 27.3. The number of hydrogen-bond acceptors (Lipinski definition) is 16. The summed E-state index contributed by atoms with van der Waals surface area (Å²) in [6.45, 7) is 6.14. The van der Waals surface area contributed by atoms with Crippen molar-refractivity contribution in [1.82, 2.24) is 99.5 Å². The molecule has 16 aromatic rings. The first kappa shape index (κ1) is 85.9. The molecule has 0 saturated carbocycles. The number of halogens is 12. The van der Waals surface area contributed by atoms with Crippen LogP contribution >= 0.6 is 46.4 Å². The average Bonchev–Trinajstić information content (AvgIpc) is 1.62. The van der Waals surface area contributed by atoms with E-state index in [0.717, 1.165) is 52.0 Å². The average molecular weight is 1760 g/mol. The van der Waals surface area contributed by atoms with Gasteiger partial charge in [-0.15, -0.1) is 40.8 Å². The number of rotatable bonds is 20. The SMILES string of the molecule is C.FC1(F)CCN(CCn2nc(-c3ccccc3)c3c(Cl)c(-c4ccccc4)nnc32)C1.FC1(F)CN(CCn2nc(-c3ccccc3)c3c(Cl)c(-c4ccccc4)nnc32)C1.Fc1ccc(-c2nn(CCN3CC[C@@H](F)C3)c3nnc(-c4ccccc4)c(Cl)c23)cc1.Fc1cccc(-c2nn(CCN3CC[C@@H](F)C3)c3nnc(-c4ccccc4)c(Cl)c23)c1. The van der Waals surface area contributed by atoms with E-state index in [1.54, 1.807) is 52.8 Å². The Labute approximate surface area is 728 Å². The van der Waals surface area contributed by atoms with E-state index in [0.29, 0.717) is 200 Å². The van der Waals surface area contributed by atoms with E-state index < -0.39 is 24.2 Å². The van der Waals surface area contributed by atoms with Crippen LogP contribution in [0, 0.1) is 11.6 Å². The van der Waals surface area contributed by atoms with E-state index >= 15 is 0 Å². The van der Waals surface area contributed by atoms with Crippen LogP contribution in [0.3, 0.4) is 0 Å². The molecule has 634 valence electrons. The van der Waals surface area contributed by atoms with Crippen molar-refractivity contribution in [2.75, 3.05) is 78.5 Å². The minimum Gasteiger partial charge on any atom is -0.299 e. The van der Waals surface area contributed by atoms with E-state index in [1.807, 2.05) is 182 Å². The van der Waals surface area contributed by atoms with Gasteiger partial charge in [-0.05, 0) is 49.2 Å². The molecule has 4 aliphatic rings. The Morgan fingerprint density at radius 3 is 0.863 bits per heavy atom. The zero-order chi connectivity index (χ0) is 84.9. The van der Waals surface area contributed by atoms with Crippen LogP contribution in [-0.4, -0.2) is 202 Å². The predicted molar refractivity (Wildman–Crippen MR) is 471 cm³/mol. The molecule has 32 heteroatoms. The Bertz CT molecular complexity index is 6380. The molecule has 8 aromatic carbocycles. The van der Waals surface area contributed by atoms with Crippen LogP contribution in [0.25, 0.3) is 134 Å². The standard InChI is InChI=1S/3C23H20ClF2N5.C22H18ClF2N5.CH4/c24-19-18-20(16-7-3-1-4-8-16)29-31(14-13-30-12-11-23(25,26)15-30)22(18)28-27-21(19)17-9-5-2-6-10-17;24-20-19-21(16-7-4-8-17(25)13-16)29-31(12-11-30-10-9-18(26)14-30)23(19)28-27-22(20)15-5-2-1-3-6-15;24-20-19-21(16-6-8-17(25)9-7-16)29-31(13-12-30-11-10-18(26)14-30)23(19)28-27-22(20)15-4-2-1-3-5-15;23-18-17-19(15-7-3-1-4-8-15)28-30(12-11-29-13-22(24,25)14-29)21(17)27-26-20(18)16-9-5-2-6-10-16;/h1-10H,11-15H2;1-8,13,18H,9-12,14H2;1-9,18H,10-14H2;1-10H,11-14H2;1H4/t;2*18-;;/m.11../s1. The first-order valence-corrected chi connectivity index (χ1v) is 41.7. The van der Waals surface area contributed by atoms with Crippen molar-refractivity contribution < 1.29 is 35.1 Å². The van der Waals surface area contributed by atoms with Crippen LogP contribution in [0.2, 0.25) is 20.1 Å². The van der Waals surface area contributed by atoms with Gasteiger partial charge < -0.3 is 0 Å². The smallest absolute Gasteiger partial charge is 0.272 e. The van der Waals surface area contributed by atoms with E-state index in [9.17, 15) is 35.1 Å². The van der Waals surface area contributed by atoms with Gasteiger partial charge in [-0.2, -0.15) is 20.4 Å². The summed E-state index contributed by atoms with van der Waals surface area (Å²) in [6, 6.07) is 70.3. The highest BCUT2D eigenvalue weighted by atomic mass is 35.5. The summed E-state index contributed by atoms with van der Waals surface area (Å²) in [4.78, 5) is 7.59. The first-order chi connectivity index (χ1) is 59.7. The van der Waals surface area contributed by atoms with Crippen molar-refractivity contribution >= 4 is 90.5 Å². The molecule has 8 aromatic heterocycles. The van der Waals surface area contributed by atoms with Crippen molar-refractivity contribution in [3.05, 3.63) is 262 Å². The quantitative estimate of drug-likeness (QED) is 0.0655. The molecule has 0 bridgehead atoms. The van der Waals surface area contributed by atoms with Gasteiger partial charge in [0.15, 0.2) is 22.6 Å². The van der Waals surface area contributed by atoms with Crippen molar-refractivity contribution in [3.63, 3.8) is 0 Å². The van der Waals surface area contributed by atoms with Gasteiger partial charge in [-0.1, -0.05) is 248 Å². The molecule has 2 atom stereocenters. The van der Waals surface area contributed by atoms with Crippen molar-refractivity contribution in [1.29, 1.82) is 0 Å². The zero-order valence-corrected chi connectivity index (χ0v) is 69.0. The molecule has 0 spiro atoms. The number of likely N-dealkylation sites (tertiary alicyclic amines) is 4. The van der Waals surface area contributed by atoms with Crippen LogP contribution in [0.15, 0.2) is 231 Å². The monoisotopic (exact) mass is 1760 g/mol. The second-order valence-electron chi connectivity index (χ2n) is 30.6. The number of hydrogen-bond donors (Lipinski definition) is 0. The predicted octanol–water partition coefficient (Wildman–Crippen LogP) is 20.5. The number of benzene rings is 8. The molecule has 0 N–H and O–H groups in total. The van der Waals surface area contributed by atoms with Crippen LogP contribution < -0.4 is 0 Å². The summed E-state index contributed by atoms with van der Waals surface area (Å²) in [5, 5.41) is 58.7. The fourth-order valence-electron chi connectivity index (χ4n) is 15.7. The molecule has 0 radical (unpaired) electrons. The topological polar surface area (TPSA) is 187 Å². The lowest BCUT2D eigenvalue weighted by Crippen LogP contribution is -2.56. The highest BCUT2D eigenvalue weighted by molar-refractivity contribution is 6.40. The molecule has 0 amide bonds. The summed E-state index contributed by atoms with van der Waals surface area (Å²) < 4.78 is 115. The molecular weight excluding hydrogens is 1680 g/mol. The van der Waals surface area contributed by atoms with Crippen LogP contribution in [-0.2, 0) is 26.2 Å². The molecule has 0 aliphatic carbocycles. The Hall–Kier alpha value is -11.6. The van der Waals surface area contributed by atoms with Crippen LogP contribution in [0.1, 0.15) is 26.7 Å². The van der Waals surface area contributed by atoms with Crippen LogP contribution in [0.5, 0.6) is 0 Å². The lowest BCUT2D eigenvalue weighted by Gasteiger charge is -2.38. The van der Waals surface area contributed by atoms with E-state index in [1.165, 1.54) is 24.3 Å². The van der Waals surface area contributed by atoms with Gasteiger partial charge in [0.05, 0.1) is 87.4 Å². The Morgan fingerprint density at radius 1 is 0.290 bits per heavy atom. The molecule has 20 rings (SSSR count). The maximum absolute atomic E-state index is 14.0. The molecule has 0 unspecified atom stereocenters. The summed E-state index contributed by atoms with van der Waals surface area (Å²) in [6.07, 6.45) is -0.534. The largest absolute Gasteiger partial charge is 0.299 e. The van der Waals surface area contributed by atoms with E-state index in [4.69, 9.17) is 66.8 Å². The first-order valence-electron chi connectivity index (χ1n) is 40.2. The van der Waals surface area contributed by atoms with Gasteiger partial charge in [0, 0.05) is 110 Å². The Morgan fingerprint density at radius 2 is 0.573 bits per heavy atom. The van der Waals surface area contributed by atoms with Crippen molar-refractivity contribution in [2.45, 2.75) is 77.1 Å². The van der Waals surface area contributed by atoms with Crippen LogP contribution in [0.4, 0.5) is 35.1 Å². The number of nitrogens with zero attached hydrogens (tertiary/aromatic N) is 20. The third-order valence-corrected chi connectivity index (χ3v) is 23.5. The van der Waals surface area contributed by atoms with Gasteiger partial charge in [-0.25, -0.2) is 53.9 Å². The molecule has 20 nitrogen and oxygen atoms in total. The molecule has 12 heterocycles. The molecule has 4 fully saturated rings. The van der Waals surface area contributed by atoms with Gasteiger partial charge in [0.2, 0.25) is 0 Å². The highest BCUT2D eigenvalue weighted by Gasteiger charge is 2.44. The molecule has 124 heavy (non-hydrogen) atoms. The minimum absolute atomic E-state index is 0. The third-order valence-electron chi connectivity index (χ3n) is 22.0. The maximum Gasteiger partial charge on any atom is 0.272 e. The second kappa shape index (κ2) is 37.8. The lowest BCUT2D eigenvalue weighted by molar-refractivity contribution is -0.131. The van der Waals surface area contributed by atoms with E-state index in [-0.39, 0.29) is 45.1 Å². The molecule has 4 saturated heterocycles. The van der Waals surface area contributed by atoms with Crippen molar-refractivity contribution in [2.24, 2.45) is 0 Å². The number of fused-ring (bicyclic) bond motifs is 4. The van der Waals surface area contributed by atoms with Gasteiger partial charge in [0.1, 0.15) is 69.5 Å². The van der Waals surface area contributed by atoms with E-state index in [2.05, 4.69) is 50.6 Å². The Kier molecular flexibility index (Phi) is 26.2. The third kappa shape index (κ3) is 19.0. The van der Waals surface area contributed by atoms with Gasteiger partial charge in [0.25, 0.3) is 11.8 Å². The summed E-state index contributed by atoms with van der Waals surface area (Å²) in [5.74, 6) is -5.88. The lowest BCUT2D eigenvalue weighted by atomic mass is 10.1. The molecule has 4 aliphatic heterocycles. The second-order valence-corrected chi connectivity index (χ2v) is 32.1. The fourth-order valence-corrected chi connectivity index (χ4v) is 17.0. The van der Waals surface area contributed by atoms with Crippen molar-refractivity contribution in [3.8, 4) is 90.1 Å². The Balaban J connectivity index is 0.000000122. The van der Waals surface area contributed by atoms with Gasteiger partial charge >= 0.3 is 0 Å². The summed E-state index contributed by atoms with van der Waals surface area (Å²) in [5.41, 5.74) is 13.7. The number of aromatic nitrogens is 16. The normalized spacial score (nSPS) is 16.4. The fraction of sp³-hybridized carbons (Fsp3) is 0.261. The minimum atomic E-state index is -2.62. The maximum atomic E-state index is 14.0. The zero-order valence-electron chi connectivity index (χ0n) is 66.0.